The van der Waals surface area contributed by atoms with Crippen LogP contribution in [0.2, 0.25) is 0 Å². The first kappa shape index (κ1) is 26.9. The molecule has 7 nitrogen and oxygen atoms in total. The molecule has 0 saturated carbocycles. The molecule has 0 atom stereocenters. The first-order valence-corrected chi connectivity index (χ1v) is 13.5. The maximum Gasteiger partial charge on any atom is 0.407 e. The van der Waals surface area contributed by atoms with E-state index >= 15 is 0 Å². The van der Waals surface area contributed by atoms with E-state index in [9.17, 15) is 18.0 Å². The van der Waals surface area contributed by atoms with Crippen LogP contribution in [0.3, 0.4) is 0 Å². The molecule has 0 radical (unpaired) electrons. The molecule has 0 unspecified atom stereocenters. The van der Waals surface area contributed by atoms with Crippen molar-refractivity contribution in [2.45, 2.75) is 44.2 Å². The third-order valence-corrected chi connectivity index (χ3v) is 6.48. The van der Waals surface area contributed by atoms with Crippen LogP contribution in [0.1, 0.15) is 42.3 Å². The summed E-state index contributed by atoms with van der Waals surface area (Å²) in [5.74, 6) is -0.215. The number of rotatable bonds is 8. The van der Waals surface area contributed by atoms with Gasteiger partial charge in [-0.3, -0.25) is 4.79 Å². The van der Waals surface area contributed by atoms with Crippen molar-refractivity contribution in [3.05, 3.63) is 89.5 Å². The van der Waals surface area contributed by atoms with Gasteiger partial charge in [0, 0.05) is 24.9 Å². The molecule has 3 rings (SSSR count). The SMILES string of the molecule is CC(C)(C)OC(=O)NCc1ccccc1-c1ccccc1C(=O)NCCc1ccc(S(C)(=O)=O)cc1. The van der Waals surface area contributed by atoms with Gasteiger partial charge in [-0.1, -0.05) is 54.6 Å². The molecular formula is C28H32N2O5S. The summed E-state index contributed by atoms with van der Waals surface area (Å²) in [7, 11) is -3.24. The maximum atomic E-state index is 13.1. The standard InChI is InChI=1S/C28H32N2O5S/c1-28(2,3)35-27(32)30-19-21-9-5-6-10-23(21)24-11-7-8-12-25(24)26(31)29-18-17-20-13-15-22(16-14-20)36(4,33)34/h5-16H,17-19H2,1-4H3,(H,29,31)(H,30,32). The Hall–Kier alpha value is -3.65. The highest BCUT2D eigenvalue weighted by Gasteiger charge is 2.18. The fourth-order valence-corrected chi connectivity index (χ4v) is 4.28. The van der Waals surface area contributed by atoms with Gasteiger partial charge in [0.05, 0.1) is 4.90 Å². The molecule has 2 N–H and O–H groups in total. The van der Waals surface area contributed by atoms with E-state index in [0.717, 1.165) is 22.3 Å². The Kier molecular flexibility index (Phi) is 8.53. The van der Waals surface area contributed by atoms with Crippen LogP contribution in [0, 0.1) is 0 Å². The summed E-state index contributed by atoms with van der Waals surface area (Å²) in [6, 6.07) is 21.6. The number of hydrogen-bond donors (Lipinski definition) is 2. The Bertz CT molecular complexity index is 1330. The molecule has 3 aromatic carbocycles. The molecule has 8 heteroatoms. The number of carbonyl (C=O) groups is 2. The Morgan fingerprint density at radius 2 is 1.44 bits per heavy atom. The van der Waals surface area contributed by atoms with Gasteiger partial charge in [0.1, 0.15) is 5.60 Å². The Morgan fingerprint density at radius 3 is 2.08 bits per heavy atom. The van der Waals surface area contributed by atoms with Crippen LogP contribution in [0.5, 0.6) is 0 Å². The molecule has 36 heavy (non-hydrogen) atoms. The number of ether oxygens (including phenoxy) is 1. The van der Waals surface area contributed by atoms with E-state index in [1.807, 2.05) is 42.5 Å². The molecule has 0 heterocycles. The van der Waals surface area contributed by atoms with Crippen LogP contribution in [-0.2, 0) is 27.5 Å². The molecule has 0 aliphatic carbocycles. The first-order valence-electron chi connectivity index (χ1n) is 11.7. The number of carbonyl (C=O) groups excluding carboxylic acids is 2. The second kappa shape index (κ2) is 11.4. The van der Waals surface area contributed by atoms with Crippen LogP contribution >= 0.6 is 0 Å². The van der Waals surface area contributed by atoms with Crippen molar-refractivity contribution in [2.75, 3.05) is 12.8 Å². The Morgan fingerprint density at radius 1 is 0.833 bits per heavy atom. The van der Waals surface area contributed by atoms with E-state index in [-0.39, 0.29) is 17.3 Å². The van der Waals surface area contributed by atoms with E-state index in [1.54, 1.807) is 51.1 Å². The highest BCUT2D eigenvalue weighted by molar-refractivity contribution is 7.90. The highest BCUT2D eigenvalue weighted by Crippen LogP contribution is 2.27. The monoisotopic (exact) mass is 508 g/mol. The first-order chi connectivity index (χ1) is 16.9. The maximum absolute atomic E-state index is 13.1. The van der Waals surface area contributed by atoms with Crippen molar-refractivity contribution in [3.63, 3.8) is 0 Å². The third-order valence-electron chi connectivity index (χ3n) is 5.35. The van der Waals surface area contributed by atoms with Gasteiger partial charge >= 0.3 is 6.09 Å². The van der Waals surface area contributed by atoms with E-state index < -0.39 is 21.5 Å². The van der Waals surface area contributed by atoms with E-state index in [4.69, 9.17) is 4.74 Å². The lowest BCUT2D eigenvalue weighted by atomic mass is 9.95. The molecular weight excluding hydrogens is 476 g/mol. The van der Waals surface area contributed by atoms with Crippen molar-refractivity contribution < 1.29 is 22.7 Å². The second-order valence-corrected chi connectivity index (χ2v) is 11.5. The lowest BCUT2D eigenvalue weighted by Crippen LogP contribution is -2.32. The summed E-state index contributed by atoms with van der Waals surface area (Å²) in [4.78, 5) is 25.5. The van der Waals surface area contributed by atoms with Gasteiger partial charge in [-0.05, 0) is 67.6 Å². The smallest absolute Gasteiger partial charge is 0.407 e. The fourth-order valence-electron chi connectivity index (χ4n) is 3.65. The molecule has 0 aromatic heterocycles. The molecule has 0 aliphatic rings. The summed E-state index contributed by atoms with van der Waals surface area (Å²) < 4.78 is 28.6. The van der Waals surface area contributed by atoms with Crippen LogP contribution in [0.25, 0.3) is 11.1 Å². The number of amides is 2. The molecule has 0 spiro atoms. The molecule has 190 valence electrons. The number of benzene rings is 3. The van der Waals surface area contributed by atoms with Gasteiger partial charge in [0.15, 0.2) is 9.84 Å². The van der Waals surface area contributed by atoms with Gasteiger partial charge in [-0.15, -0.1) is 0 Å². The number of alkyl carbamates (subject to hydrolysis) is 1. The van der Waals surface area contributed by atoms with Gasteiger partial charge in [-0.25, -0.2) is 13.2 Å². The molecule has 2 amide bonds. The van der Waals surface area contributed by atoms with Crippen molar-refractivity contribution in [3.8, 4) is 11.1 Å². The van der Waals surface area contributed by atoms with Gasteiger partial charge in [-0.2, -0.15) is 0 Å². The van der Waals surface area contributed by atoms with E-state index in [2.05, 4.69) is 10.6 Å². The van der Waals surface area contributed by atoms with Crippen LogP contribution < -0.4 is 10.6 Å². The van der Waals surface area contributed by atoms with Crippen molar-refractivity contribution in [2.24, 2.45) is 0 Å². The lowest BCUT2D eigenvalue weighted by Gasteiger charge is -2.20. The van der Waals surface area contributed by atoms with Crippen molar-refractivity contribution >= 4 is 21.8 Å². The van der Waals surface area contributed by atoms with Gasteiger partial charge in [0.25, 0.3) is 5.91 Å². The molecule has 0 bridgehead atoms. The lowest BCUT2D eigenvalue weighted by molar-refractivity contribution is 0.0523. The molecule has 0 fully saturated rings. The van der Waals surface area contributed by atoms with Gasteiger partial charge < -0.3 is 15.4 Å². The number of sulfone groups is 1. The zero-order chi connectivity index (χ0) is 26.3. The van der Waals surface area contributed by atoms with Crippen LogP contribution in [0.15, 0.2) is 77.7 Å². The number of hydrogen-bond acceptors (Lipinski definition) is 5. The number of nitrogens with one attached hydrogen (secondary N) is 2. The van der Waals surface area contributed by atoms with Crippen molar-refractivity contribution in [1.82, 2.24) is 10.6 Å². The summed E-state index contributed by atoms with van der Waals surface area (Å²) in [5, 5.41) is 5.73. The normalized spacial score (nSPS) is 11.6. The Labute approximate surface area is 212 Å². The second-order valence-electron chi connectivity index (χ2n) is 9.48. The third kappa shape index (κ3) is 7.68. The largest absolute Gasteiger partial charge is 0.444 e. The van der Waals surface area contributed by atoms with Crippen molar-refractivity contribution in [1.29, 1.82) is 0 Å². The molecule has 0 saturated heterocycles. The highest BCUT2D eigenvalue weighted by atomic mass is 32.2. The minimum atomic E-state index is -3.24. The van der Waals surface area contributed by atoms with Crippen LogP contribution in [-0.4, -0.2) is 38.8 Å². The average Bonchev–Trinajstić information content (AvgIpc) is 2.81. The quantitative estimate of drug-likeness (QED) is 0.457. The summed E-state index contributed by atoms with van der Waals surface area (Å²) in [6.07, 6.45) is 1.23. The van der Waals surface area contributed by atoms with E-state index in [0.29, 0.717) is 18.5 Å². The predicted molar refractivity (Wildman–Crippen MR) is 141 cm³/mol. The summed E-state index contributed by atoms with van der Waals surface area (Å²) in [5.41, 5.74) is 3.31. The predicted octanol–water partition coefficient (Wildman–Crippen LogP) is 4.75. The summed E-state index contributed by atoms with van der Waals surface area (Å²) in [6.45, 7) is 6.07. The zero-order valence-electron chi connectivity index (χ0n) is 21.0. The summed E-state index contributed by atoms with van der Waals surface area (Å²) >= 11 is 0. The van der Waals surface area contributed by atoms with E-state index in [1.165, 1.54) is 6.26 Å². The minimum Gasteiger partial charge on any atom is -0.444 e. The molecule has 0 aliphatic heterocycles. The molecule has 3 aromatic rings. The minimum absolute atomic E-state index is 0.215. The fraction of sp³-hybridized carbons (Fsp3) is 0.286. The Balaban J connectivity index is 1.70. The van der Waals surface area contributed by atoms with Crippen LogP contribution in [0.4, 0.5) is 4.79 Å². The topological polar surface area (TPSA) is 102 Å². The average molecular weight is 509 g/mol. The van der Waals surface area contributed by atoms with Gasteiger partial charge in [0.2, 0.25) is 0 Å². The zero-order valence-corrected chi connectivity index (χ0v) is 21.8.